The van der Waals surface area contributed by atoms with Crippen molar-refractivity contribution in [1.82, 2.24) is 9.55 Å². The maximum Gasteiger partial charge on any atom is 0.351 e. The van der Waals surface area contributed by atoms with E-state index in [2.05, 4.69) is 17.6 Å². The summed E-state index contributed by atoms with van der Waals surface area (Å²) in [6.45, 7) is -0.514. The second-order valence-electron chi connectivity index (χ2n) is 3.96. The predicted molar refractivity (Wildman–Crippen MR) is 66.4 cm³/mol. The first-order valence-electron chi connectivity index (χ1n) is 5.31. The smallest absolute Gasteiger partial charge is 0.351 e. The van der Waals surface area contributed by atoms with E-state index in [1.54, 1.807) is 0 Å². The highest BCUT2D eigenvalue weighted by Crippen LogP contribution is 2.33. The highest BCUT2D eigenvalue weighted by Gasteiger charge is 2.40. The number of anilines is 1. The Hall–Kier alpha value is -1.42. The van der Waals surface area contributed by atoms with Crippen LogP contribution in [-0.2, 0) is 4.74 Å². The van der Waals surface area contributed by atoms with E-state index < -0.39 is 30.7 Å². The van der Waals surface area contributed by atoms with Crippen LogP contribution >= 0.6 is 12.6 Å². The molecule has 1 saturated heterocycles. The molecule has 1 aliphatic heterocycles. The van der Waals surface area contributed by atoms with Gasteiger partial charge in [0, 0.05) is 11.8 Å². The highest BCUT2D eigenvalue weighted by molar-refractivity contribution is 7.80. The summed E-state index contributed by atoms with van der Waals surface area (Å²) in [7, 11) is 0. The zero-order valence-corrected chi connectivity index (χ0v) is 10.5. The van der Waals surface area contributed by atoms with Crippen molar-refractivity contribution in [2.24, 2.45) is 0 Å². The molecule has 1 aromatic rings. The molecule has 0 aliphatic carbocycles. The van der Waals surface area contributed by atoms with Crippen LogP contribution in [0.1, 0.15) is 6.23 Å². The topological polar surface area (TPSA) is 111 Å². The SMILES string of the molecule is Nc1nc(=O)n(C2OC(CO)C(O)/C2=C\F)cc1S. The number of rotatable bonds is 2. The van der Waals surface area contributed by atoms with Crippen LogP contribution in [0.2, 0.25) is 0 Å². The highest BCUT2D eigenvalue weighted by atomic mass is 32.1. The average molecular weight is 289 g/mol. The van der Waals surface area contributed by atoms with Gasteiger partial charge in [0.25, 0.3) is 0 Å². The molecular formula is C10H12FN3O4S. The van der Waals surface area contributed by atoms with Crippen LogP contribution in [0.3, 0.4) is 0 Å². The van der Waals surface area contributed by atoms with E-state index in [9.17, 15) is 14.3 Å². The number of aromatic nitrogens is 2. The van der Waals surface area contributed by atoms with Gasteiger partial charge in [-0.3, -0.25) is 4.57 Å². The quantitative estimate of drug-likeness (QED) is 0.532. The lowest BCUT2D eigenvalue weighted by molar-refractivity contribution is -0.0449. The molecule has 2 rings (SSSR count). The zero-order chi connectivity index (χ0) is 14.2. The van der Waals surface area contributed by atoms with Crippen LogP contribution in [0.15, 0.2) is 27.8 Å². The Bertz CT molecular complexity index is 576. The third-order valence-electron chi connectivity index (χ3n) is 2.80. The molecule has 19 heavy (non-hydrogen) atoms. The number of hydrogen-bond donors (Lipinski definition) is 4. The first-order valence-corrected chi connectivity index (χ1v) is 5.76. The van der Waals surface area contributed by atoms with E-state index in [1.165, 1.54) is 6.20 Å². The number of aliphatic hydroxyl groups excluding tert-OH is 2. The molecule has 0 amide bonds. The van der Waals surface area contributed by atoms with Crippen molar-refractivity contribution >= 4 is 18.4 Å². The minimum atomic E-state index is -1.34. The number of hydrogen-bond acceptors (Lipinski definition) is 7. The maximum absolute atomic E-state index is 12.8. The van der Waals surface area contributed by atoms with Gasteiger partial charge in [-0.15, -0.1) is 12.6 Å². The van der Waals surface area contributed by atoms with Crippen LogP contribution in [-0.4, -0.2) is 38.6 Å². The van der Waals surface area contributed by atoms with Gasteiger partial charge in [-0.05, 0) is 0 Å². The van der Waals surface area contributed by atoms with E-state index in [1.807, 2.05) is 0 Å². The van der Waals surface area contributed by atoms with Crippen molar-refractivity contribution in [2.75, 3.05) is 12.3 Å². The molecular weight excluding hydrogens is 277 g/mol. The van der Waals surface area contributed by atoms with Crippen LogP contribution in [0.5, 0.6) is 0 Å². The minimum absolute atomic E-state index is 0.0624. The Labute approximate surface area is 112 Å². The lowest BCUT2D eigenvalue weighted by Gasteiger charge is -2.15. The molecule has 104 valence electrons. The maximum atomic E-state index is 12.8. The van der Waals surface area contributed by atoms with Crippen molar-refractivity contribution in [1.29, 1.82) is 0 Å². The van der Waals surface area contributed by atoms with Gasteiger partial charge in [0.05, 0.1) is 17.8 Å². The molecule has 0 aromatic carbocycles. The molecule has 0 spiro atoms. The number of aliphatic hydroxyl groups is 2. The van der Waals surface area contributed by atoms with Gasteiger partial charge in [0.15, 0.2) is 6.23 Å². The van der Waals surface area contributed by atoms with Crippen LogP contribution in [0.4, 0.5) is 10.2 Å². The molecule has 4 N–H and O–H groups in total. The Morgan fingerprint density at radius 2 is 2.37 bits per heavy atom. The summed E-state index contributed by atoms with van der Waals surface area (Å²) in [6.07, 6.45) is -2.17. The first-order chi connectivity index (χ1) is 8.99. The summed E-state index contributed by atoms with van der Waals surface area (Å²) in [6, 6.07) is 0. The summed E-state index contributed by atoms with van der Waals surface area (Å²) in [5.74, 6) is -0.0624. The molecule has 0 radical (unpaired) electrons. The van der Waals surface area contributed by atoms with Crippen LogP contribution in [0, 0.1) is 0 Å². The molecule has 3 unspecified atom stereocenters. The van der Waals surface area contributed by atoms with Gasteiger partial charge in [-0.1, -0.05) is 0 Å². The number of nitrogens with zero attached hydrogens (tertiary/aromatic N) is 2. The normalized spacial score (nSPS) is 29.1. The van der Waals surface area contributed by atoms with Crippen molar-refractivity contribution < 1.29 is 19.3 Å². The summed E-state index contributed by atoms with van der Waals surface area (Å²) in [5.41, 5.74) is 4.46. The van der Waals surface area contributed by atoms with Crippen LogP contribution < -0.4 is 11.4 Å². The molecule has 2 heterocycles. The Morgan fingerprint density at radius 1 is 1.68 bits per heavy atom. The van der Waals surface area contributed by atoms with Crippen molar-refractivity contribution in [3.05, 3.63) is 28.6 Å². The summed E-state index contributed by atoms with van der Waals surface area (Å²) in [4.78, 5) is 15.4. The third kappa shape index (κ3) is 2.37. The Balaban J connectivity index is 2.47. The molecule has 0 bridgehead atoms. The fourth-order valence-corrected chi connectivity index (χ4v) is 1.98. The van der Waals surface area contributed by atoms with Gasteiger partial charge < -0.3 is 20.7 Å². The van der Waals surface area contributed by atoms with Crippen molar-refractivity contribution in [2.45, 2.75) is 23.3 Å². The number of nitrogens with two attached hydrogens (primary N) is 1. The molecule has 3 atom stereocenters. The molecule has 0 saturated carbocycles. The number of ether oxygens (including phenoxy) is 1. The van der Waals surface area contributed by atoms with Gasteiger partial charge in [-0.2, -0.15) is 4.98 Å². The first kappa shape index (κ1) is 14.0. The minimum Gasteiger partial charge on any atom is -0.394 e. The van der Waals surface area contributed by atoms with E-state index >= 15 is 0 Å². The number of thiol groups is 1. The fourth-order valence-electron chi connectivity index (χ4n) is 1.81. The van der Waals surface area contributed by atoms with E-state index in [0.29, 0.717) is 0 Å². The predicted octanol–water partition coefficient (Wildman–Crippen LogP) is -0.782. The number of nitrogen functional groups attached to an aromatic ring is 1. The van der Waals surface area contributed by atoms with Crippen molar-refractivity contribution in [3.63, 3.8) is 0 Å². The second kappa shape index (κ2) is 5.29. The zero-order valence-electron chi connectivity index (χ0n) is 9.60. The van der Waals surface area contributed by atoms with Gasteiger partial charge in [-0.25, -0.2) is 9.18 Å². The molecule has 1 aromatic heterocycles. The van der Waals surface area contributed by atoms with E-state index in [-0.39, 0.29) is 22.6 Å². The lowest BCUT2D eigenvalue weighted by Crippen LogP contribution is -2.28. The summed E-state index contributed by atoms with van der Waals surface area (Å²) in [5, 5.41) is 18.7. The van der Waals surface area contributed by atoms with Gasteiger partial charge in [0.2, 0.25) is 0 Å². The van der Waals surface area contributed by atoms with Crippen molar-refractivity contribution in [3.8, 4) is 0 Å². The summed E-state index contributed by atoms with van der Waals surface area (Å²) < 4.78 is 19.0. The molecule has 7 nitrogen and oxygen atoms in total. The van der Waals surface area contributed by atoms with E-state index in [0.717, 1.165) is 4.57 Å². The summed E-state index contributed by atoms with van der Waals surface area (Å²) >= 11 is 4.01. The van der Waals surface area contributed by atoms with Crippen LogP contribution in [0.25, 0.3) is 0 Å². The standard InChI is InChI=1S/C10H12FN3O4S/c11-1-4-7(16)5(3-15)18-9(4)14-2-6(19)8(12)13-10(14)17/h1-2,5,7,9,15-16,19H,3H2,(H2,12,13,17)/b4-1+. The fraction of sp³-hybridized carbons (Fsp3) is 0.400. The van der Waals surface area contributed by atoms with Gasteiger partial charge in [0.1, 0.15) is 18.0 Å². The molecule has 1 aliphatic rings. The molecule has 9 heteroatoms. The molecule has 1 fully saturated rings. The Morgan fingerprint density at radius 3 is 2.95 bits per heavy atom. The van der Waals surface area contributed by atoms with E-state index in [4.69, 9.17) is 15.6 Å². The monoisotopic (exact) mass is 289 g/mol. The van der Waals surface area contributed by atoms with Gasteiger partial charge >= 0.3 is 5.69 Å². The Kier molecular flexibility index (Phi) is 3.90. The third-order valence-corrected chi connectivity index (χ3v) is 3.15. The largest absolute Gasteiger partial charge is 0.394 e. The average Bonchev–Trinajstić information content (AvgIpc) is 2.70. The lowest BCUT2D eigenvalue weighted by atomic mass is 10.1. The number of halogens is 1. The second-order valence-corrected chi connectivity index (χ2v) is 4.45.